The maximum Gasteiger partial charge on any atom is 0.251 e. The highest BCUT2D eigenvalue weighted by Crippen LogP contribution is 2.06. The largest absolute Gasteiger partial charge is 0.251 e. The predicted molar refractivity (Wildman–Crippen MR) is 68.6 cm³/mol. The molecule has 0 aliphatic rings. The van der Waals surface area contributed by atoms with Gasteiger partial charge in [0.05, 0.1) is 6.54 Å². The average molecular weight is 223 g/mol. The number of hydrogen-bond donors (Lipinski definition) is 1. The Balaban J connectivity index is 2.26. The van der Waals surface area contributed by atoms with Crippen LogP contribution in [0.1, 0.15) is 62.7 Å². The highest BCUT2D eigenvalue weighted by Gasteiger charge is 2.13. The van der Waals surface area contributed by atoms with E-state index in [0.717, 1.165) is 0 Å². The lowest BCUT2D eigenvalue weighted by Gasteiger charge is -2.01. The molecule has 0 aliphatic heterocycles. The number of unbranched alkanes of at least 4 members (excludes halogenated alkanes) is 5. The summed E-state index contributed by atoms with van der Waals surface area (Å²) in [5.74, 6) is 1.29. The molecule has 2 heteroatoms. The summed E-state index contributed by atoms with van der Waals surface area (Å²) in [5.41, 5.74) is 2.70. The minimum absolute atomic E-state index is 1.17. The summed E-state index contributed by atoms with van der Waals surface area (Å²) < 4.78 is 2.41. The van der Waals surface area contributed by atoms with Crippen LogP contribution in [0.3, 0.4) is 0 Å². The molecule has 1 heterocycles. The first-order valence-electron chi connectivity index (χ1n) is 6.72. The Morgan fingerprint density at radius 3 is 2.12 bits per heavy atom. The number of imidazole rings is 1. The van der Waals surface area contributed by atoms with Crippen molar-refractivity contribution < 1.29 is 4.57 Å². The Kier molecular flexibility index (Phi) is 5.58. The third-order valence-electron chi connectivity index (χ3n) is 3.46. The van der Waals surface area contributed by atoms with Crippen LogP contribution in [0.25, 0.3) is 0 Å². The highest BCUT2D eigenvalue weighted by molar-refractivity contribution is 5.02. The molecular weight excluding hydrogens is 196 g/mol. The van der Waals surface area contributed by atoms with Gasteiger partial charge in [0.1, 0.15) is 11.4 Å². The number of aryl methyl sites for hydroxylation is 2. The van der Waals surface area contributed by atoms with E-state index in [1.54, 1.807) is 0 Å². The van der Waals surface area contributed by atoms with E-state index in [4.69, 9.17) is 0 Å². The lowest BCUT2D eigenvalue weighted by atomic mass is 10.1. The van der Waals surface area contributed by atoms with Gasteiger partial charge in [0.2, 0.25) is 0 Å². The quantitative estimate of drug-likeness (QED) is 0.538. The van der Waals surface area contributed by atoms with Crippen LogP contribution in [-0.4, -0.2) is 4.98 Å². The fourth-order valence-corrected chi connectivity index (χ4v) is 2.27. The summed E-state index contributed by atoms with van der Waals surface area (Å²) in [7, 11) is 0. The second kappa shape index (κ2) is 6.72. The van der Waals surface area contributed by atoms with Gasteiger partial charge in [-0.3, -0.25) is 0 Å². The predicted octanol–water partition coefficient (Wildman–Crippen LogP) is 3.59. The molecule has 1 rings (SSSR count). The summed E-state index contributed by atoms with van der Waals surface area (Å²) in [4.78, 5) is 3.40. The smallest absolute Gasteiger partial charge is 0.245 e. The molecule has 0 unspecified atom stereocenters. The first-order valence-corrected chi connectivity index (χ1v) is 6.72. The maximum atomic E-state index is 3.40. The van der Waals surface area contributed by atoms with E-state index in [2.05, 4.69) is 37.2 Å². The Labute approximate surface area is 100 Å². The topological polar surface area (TPSA) is 19.7 Å². The van der Waals surface area contributed by atoms with Crippen molar-refractivity contribution >= 4 is 0 Å². The van der Waals surface area contributed by atoms with Gasteiger partial charge in [-0.25, -0.2) is 9.55 Å². The standard InChI is InChI=1S/C14H26N2/c1-5-6-7-8-9-10-11-16-13(3)12(2)15-14(16)4/h5-11H2,1-4H3/p+1. The molecular formula is C14H27N2+. The van der Waals surface area contributed by atoms with Gasteiger partial charge < -0.3 is 0 Å². The van der Waals surface area contributed by atoms with E-state index in [1.807, 2.05) is 0 Å². The molecule has 0 amide bonds. The van der Waals surface area contributed by atoms with Crippen LogP contribution in [0.2, 0.25) is 0 Å². The van der Waals surface area contributed by atoms with E-state index < -0.39 is 0 Å². The molecule has 0 fully saturated rings. The molecule has 0 spiro atoms. The number of nitrogens with one attached hydrogen (secondary N) is 1. The Hall–Kier alpha value is -0.790. The van der Waals surface area contributed by atoms with Crippen LogP contribution in [0.5, 0.6) is 0 Å². The van der Waals surface area contributed by atoms with E-state index in [0.29, 0.717) is 0 Å². The SMILES string of the molecule is CCCCCCCC[n+]1c(C)[nH]c(C)c1C. The summed E-state index contributed by atoms with van der Waals surface area (Å²) in [6.45, 7) is 9.96. The van der Waals surface area contributed by atoms with E-state index in [1.165, 1.54) is 62.3 Å². The summed E-state index contributed by atoms with van der Waals surface area (Å²) in [6, 6.07) is 0. The zero-order chi connectivity index (χ0) is 12.0. The molecule has 0 bridgehead atoms. The van der Waals surface area contributed by atoms with Crippen molar-refractivity contribution in [3.8, 4) is 0 Å². The second-order valence-corrected chi connectivity index (χ2v) is 4.84. The Morgan fingerprint density at radius 1 is 0.938 bits per heavy atom. The monoisotopic (exact) mass is 223 g/mol. The minimum atomic E-state index is 1.17. The zero-order valence-electron chi connectivity index (χ0n) is 11.4. The molecule has 92 valence electrons. The van der Waals surface area contributed by atoms with Crippen LogP contribution in [-0.2, 0) is 6.54 Å². The zero-order valence-corrected chi connectivity index (χ0v) is 11.4. The fraction of sp³-hybridized carbons (Fsp3) is 0.786. The third kappa shape index (κ3) is 3.66. The lowest BCUT2D eigenvalue weighted by Crippen LogP contribution is -2.38. The van der Waals surface area contributed by atoms with Gasteiger partial charge in [-0.2, -0.15) is 0 Å². The Bertz CT molecular complexity index is 313. The van der Waals surface area contributed by atoms with Crippen LogP contribution in [0, 0.1) is 20.8 Å². The van der Waals surface area contributed by atoms with Crippen LogP contribution < -0.4 is 4.57 Å². The molecule has 0 atom stereocenters. The lowest BCUT2D eigenvalue weighted by molar-refractivity contribution is -0.707. The van der Waals surface area contributed by atoms with Crippen LogP contribution in [0.4, 0.5) is 0 Å². The molecule has 16 heavy (non-hydrogen) atoms. The maximum absolute atomic E-state index is 3.40. The third-order valence-corrected chi connectivity index (χ3v) is 3.46. The average Bonchev–Trinajstić information content (AvgIpc) is 2.49. The number of hydrogen-bond acceptors (Lipinski definition) is 0. The van der Waals surface area contributed by atoms with Crippen molar-refractivity contribution in [2.75, 3.05) is 0 Å². The summed E-state index contributed by atoms with van der Waals surface area (Å²) >= 11 is 0. The number of aromatic amines is 1. The number of aromatic nitrogens is 2. The summed E-state index contributed by atoms with van der Waals surface area (Å²) in [6.07, 6.45) is 8.23. The Morgan fingerprint density at radius 2 is 1.56 bits per heavy atom. The molecule has 0 radical (unpaired) electrons. The normalized spacial score (nSPS) is 11.0. The second-order valence-electron chi connectivity index (χ2n) is 4.84. The van der Waals surface area contributed by atoms with Crippen molar-refractivity contribution in [1.82, 2.24) is 4.98 Å². The summed E-state index contributed by atoms with van der Waals surface area (Å²) in [5, 5.41) is 0. The molecule has 1 aromatic heterocycles. The van der Waals surface area contributed by atoms with Crippen LogP contribution >= 0.6 is 0 Å². The molecule has 2 nitrogen and oxygen atoms in total. The van der Waals surface area contributed by atoms with Gasteiger partial charge in [0.25, 0.3) is 5.82 Å². The van der Waals surface area contributed by atoms with Gasteiger partial charge in [-0.15, -0.1) is 0 Å². The van der Waals surface area contributed by atoms with Crippen molar-refractivity contribution in [1.29, 1.82) is 0 Å². The number of nitrogens with zero attached hydrogens (tertiary/aromatic N) is 1. The minimum Gasteiger partial charge on any atom is -0.245 e. The first-order chi connectivity index (χ1) is 7.66. The fourth-order valence-electron chi connectivity index (χ4n) is 2.27. The first kappa shape index (κ1) is 13.3. The van der Waals surface area contributed by atoms with Crippen molar-refractivity contribution in [3.63, 3.8) is 0 Å². The number of H-pyrrole nitrogens is 1. The van der Waals surface area contributed by atoms with Gasteiger partial charge in [0.15, 0.2) is 0 Å². The van der Waals surface area contributed by atoms with E-state index in [-0.39, 0.29) is 0 Å². The molecule has 0 aromatic carbocycles. The van der Waals surface area contributed by atoms with Crippen molar-refractivity contribution in [2.45, 2.75) is 72.8 Å². The van der Waals surface area contributed by atoms with Gasteiger partial charge in [0, 0.05) is 20.8 Å². The van der Waals surface area contributed by atoms with Crippen molar-refractivity contribution in [2.24, 2.45) is 0 Å². The highest BCUT2D eigenvalue weighted by atomic mass is 15.1. The van der Waals surface area contributed by atoms with Gasteiger partial charge >= 0.3 is 0 Å². The van der Waals surface area contributed by atoms with E-state index >= 15 is 0 Å². The van der Waals surface area contributed by atoms with Gasteiger partial charge in [-0.05, 0) is 12.8 Å². The van der Waals surface area contributed by atoms with Crippen molar-refractivity contribution in [3.05, 3.63) is 17.2 Å². The molecule has 1 N–H and O–H groups in total. The van der Waals surface area contributed by atoms with Gasteiger partial charge in [-0.1, -0.05) is 32.6 Å². The molecule has 0 saturated carbocycles. The van der Waals surface area contributed by atoms with E-state index in [9.17, 15) is 0 Å². The molecule has 1 aromatic rings. The number of rotatable bonds is 7. The van der Waals surface area contributed by atoms with Crippen LogP contribution in [0.15, 0.2) is 0 Å². The molecule has 0 aliphatic carbocycles. The molecule has 0 saturated heterocycles.